The fourth-order valence-electron chi connectivity index (χ4n) is 4.99. The third-order valence-electron chi connectivity index (χ3n) is 6.53. The van der Waals surface area contributed by atoms with E-state index >= 15 is 4.57 Å². The lowest BCUT2D eigenvalue weighted by molar-refractivity contribution is 0.407. The predicted molar refractivity (Wildman–Crippen MR) is 139 cm³/mol. The highest BCUT2D eigenvalue weighted by Crippen LogP contribution is 2.57. The molecular formula is C29H22NO3P. The minimum Gasteiger partial charge on any atom is -0.496 e. The van der Waals surface area contributed by atoms with Crippen LogP contribution in [0.3, 0.4) is 0 Å². The zero-order chi connectivity index (χ0) is 23.3. The van der Waals surface area contributed by atoms with E-state index in [-0.39, 0.29) is 0 Å². The number of nitrogens with zero attached hydrogens (tertiary/aromatic N) is 1. The van der Waals surface area contributed by atoms with E-state index in [1.54, 1.807) is 14.2 Å². The summed E-state index contributed by atoms with van der Waals surface area (Å²) in [5, 5.41) is 4.42. The van der Waals surface area contributed by atoms with Crippen molar-refractivity contribution in [1.29, 1.82) is 0 Å². The average Bonchev–Trinajstić information content (AvgIpc) is 3.18. The normalized spacial score (nSPS) is 16.2. The Morgan fingerprint density at radius 1 is 0.765 bits per heavy atom. The van der Waals surface area contributed by atoms with E-state index in [9.17, 15) is 0 Å². The van der Waals surface area contributed by atoms with Gasteiger partial charge in [0.1, 0.15) is 11.5 Å². The molecular weight excluding hydrogens is 441 g/mol. The summed E-state index contributed by atoms with van der Waals surface area (Å²) in [5.41, 5.74) is 3.54. The quantitative estimate of drug-likeness (QED) is 0.322. The molecule has 1 aliphatic rings. The van der Waals surface area contributed by atoms with E-state index < -0.39 is 7.14 Å². The molecule has 0 aliphatic carbocycles. The zero-order valence-electron chi connectivity index (χ0n) is 18.9. The topological polar surface area (TPSA) is 48.4 Å². The van der Waals surface area contributed by atoms with E-state index in [4.69, 9.17) is 14.5 Å². The van der Waals surface area contributed by atoms with Crippen LogP contribution in [0, 0.1) is 0 Å². The fourth-order valence-corrected chi connectivity index (χ4v) is 8.23. The van der Waals surface area contributed by atoms with Gasteiger partial charge in [-0.3, -0.25) is 4.98 Å². The Morgan fingerprint density at radius 2 is 1.50 bits per heavy atom. The number of pyridine rings is 1. The number of rotatable bonds is 4. The van der Waals surface area contributed by atoms with Crippen LogP contribution in [0.2, 0.25) is 0 Å². The predicted octanol–water partition coefficient (Wildman–Crippen LogP) is 5.54. The summed E-state index contributed by atoms with van der Waals surface area (Å²) < 4.78 is 26.7. The Morgan fingerprint density at radius 3 is 2.29 bits per heavy atom. The van der Waals surface area contributed by atoms with Crippen LogP contribution in [-0.4, -0.2) is 19.2 Å². The lowest BCUT2D eigenvalue weighted by Crippen LogP contribution is -2.22. The number of benzene rings is 4. The minimum absolute atomic E-state index is 0.601. The molecule has 0 bridgehead atoms. The van der Waals surface area contributed by atoms with Crippen molar-refractivity contribution in [2.75, 3.05) is 14.2 Å². The van der Waals surface area contributed by atoms with Crippen molar-refractivity contribution in [3.63, 3.8) is 0 Å². The molecule has 0 fully saturated rings. The molecule has 1 aliphatic heterocycles. The summed E-state index contributed by atoms with van der Waals surface area (Å²) >= 11 is 0. The second-order valence-electron chi connectivity index (χ2n) is 8.25. The van der Waals surface area contributed by atoms with Crippen LogP contribution < -0.4 is 25.4 Å². The van der Waals surface area contributed by atoms with Gasteiger partial charge in [0.2, 0.25) is 0 Å². The third kappa shape index (κ3) is 2.85. The second kappa shape index (κ2) is 7.86. The van der Waals surface area contributed by atoms with Gasteiger partial charge in [-0.1, -0.05) is 66.7 Å². The molecule has 0 spiro atoms. The fraction of sp³-hybridized carbons (Fsp3) is 0.0690. The second-order valence-corrected chi connectivity index (χ2v) is 10.9. The van der Waals surface area contributed by atoms with Gasteiger partial charge in [-0.25, -0.2) is 0 Å². The van der Waals surface area contributed by atoms with Crippen LogP contribution in [0.4, 0.5) is 0 Å². The number of hydrogen-bond acceptors (Lipinski definition) is 4. The Labute approximate surface area is 198 Å². The monoisotopic (exact) mass is 463 g/mol. The van der Waals surface area contributed by atoms with Gasteiger partial charge in [-0.15, -0.1) is 0 Å². The van der Waals surface area contributed by atoms with Gasteiger partial charge in [0.25, 0.3) is 0 Å². The third-order valence-corrected chi connectivity index (χ3v) is 9.68. The van der Waals surface area contributed by atoms with Gasteiger partial charge in [-0.2, -0.15) is 0 Å². The van der Waals surface area contributed by atoms with E-state index in [1.165, 1.54) is 0 Å². The molecule has 34 heavy (non-hydrogen) atoms. The van der Waals surface area contributed by atoms with Crippen molar-refractivity contribution in [2.24, 2.45) is 0 Å². The average molecular weight is 463 g/mol. The Hall–Kier alpha value is -3.88. The number of methoxy groups -OCH3 is 2. The molecule has 0 saturated heterocycles. The van der Waals surface area contributed by atoms with E-state index in [1.807, 2.05) is 79.0 Å². The van der Waals surface area contributed by atoms with Gasteiger partial charge in [0.15, 0.2) is 7.14 Å². The first-order valence-corrected chi connectivity index (χ1v) is 12.8. The van der Waals surface area contributed by atoms with Crippen molar-refractivity contribution < 1.29 is 14.0 Å². The van der Waals surface area contributed by atoms with Gasteiger partial charge in [0.05, 0.1) is 25.2 Å². The molecule has 5 aromatic rings. The molecule has 0 amide bonds. The van der Waals surface area contributed by atoms with Crippen LogP contribution in [-0.2, 0) is 4.57 Å². The molecule has 0 N–H and O–H groups in total. The maximum Gasteiger partial charge on any atom is 0.176 e. The summed E-state index contributed by atoms with van der Waals surface area (Å²) in [4.78, 5) is 4.70. The molecule has 1 unspecified atom stereocenters. The number of hydrogen-bond donors (Lipinski definition) is 0. The standard InChI is InChI=1S/C29H22NO3P/c1-32-24-14-15-25(33-2)29-27(24)23-13-12-20(28-22-11-7-6-8-19(22)16-17-30-28)18-26(23)34(29,31)21-9-4-3-5-10-21/h3-18H,1-2H3. The number of aromatic nitrogens is 1. The summed E-state index contributed by atoms with van der Waals surface area (Å²) in [7, 11) is 0.0205. The highest BCUT2D eigenvalue weighted by molar-refractivity contribution is 7.86. The van der Waals surface area contributed by atoms with Gasteiger partial charge >= 0.3 is 0 Å². The maximum atomic E-state index is 15.2. The molecule has 2 heterocycles. The molecule has 4 nitrogen and oxygen atoms in total. The molecule has 5 heteroatoms. The lowest BCUT2D eigenvalue weighted by atomic mass is 9.99. The molecule has 0 radical (unpaired) electrons. The van der Waals surface area contributed by atoms with Crippen LogP contribution in [0.1, 0.15) is 0 Å². The van der Waals surface area contributed by atoms with Crippen LogP contribution in [0.5, 0.6) is 11.5 Å². The molecule has 166 valence electrons. The molecule has 0 saturated carbocycles. The van der Waals surface area contributed by atoms with E-state index in [0.717, 1.165) is 43.8 Å². The highest BCUT2D eigenvalue weighted by Gasteiger charge is 2.44. The summed E-state index contributed by atoms with van der Waals surface area (Å²) in [6.45, 7) is 0. The summed E-state index contributed by atoms with van der Waals surface area (Å²) in [6, 6.07) is 29.7. The van der Waals surface area contributed by atoms with E-state index in [2.05, 4.69) is 18.2 Å². The first-order valence-electron chi connectivity index (χ1n) is 11.1. The van der Waals surface area contributed by atoms with Crippen LogP contribution >= 0.6 is 7.14 Å². The Kier molecular flexibility index (Phi) is 4.79. The van der Waals surface area contributed by atoms with Crippen LogP contribution in [0.15, 0.2) is 97.2 Å². The van der Waals surface area contributed by atoms with Crippen molar-refractivity contribution in [2.45, 2.75) is 0 Å². The van der Waals surface area contributed by atoms with Crippen LogP contribution in [0.25, 0.3) is 33.2 Å². The first-order chi connectivity index (χ1) is 16.7. The highest BCUT2D eigenvalue weighted by atomic mass is 31.2. The largest absolute Gasteiger partial charge is 0.496 e. The molecule has 4 aromatic carbocycles. The Balaban J connectivity index is 1.70. The minimum atomic E-state index is -3.24. The first kappa shape index (κ1) is 20.7. The van der Waals surface area contributed by atoms with Crippen molar-refractivity contribution in [3.05, 3.63) is 97.2 Å². The zero-order valence-corrected chi connectivity index (χ0v) is 19.8. The summed E-state index contributed by atoms with van der Waals surface area (Å²) in [6.07, 6.45) is 1.82. The van der Waals surface area contributed by atoms with Crippen molar-refractivity contribution in [1.82, 2.24) is 4.98 Å². The molecule has 6 rings (SSSR count). The van der Waals surface area contributed by atoms with Crippen molar-refractivity contribution in [3.8, 4) is 33.9 Å². The molecule has 1 atom stereocenters. The SMILES string of the molecule is COc1ccc(OC)c2c1-c1ccc(-c3nccc4ccccc34)cc1P2(=O)c1ccccc1. The summed E-state index contributed by atoms with van der Waals surface area (Å²) in [5.74, 6) is 1.28. The van der Waals surface area contributed by atoms with Gasteiger partial charge < -0.3 is 14.0 Å². The van der Waals surface area contributed by atoms with Crippen molar-refractivity contribution >= 4 is 33.8 Å². The number of ether oxygens (including phenoxy) is 2. The maximum absolute atomic E-state index is 15.2. The van der Waals surface area contributed by atoms with Gasteiger partial charge in [-0.05, 0) is 35.2 Å². The smallest absolute Gasteiger partial charge is 0.176 e. The van der Waals surface area contributed by atoms with E-state index in [0.29, 0.717) is 16.8 Å². The van der Waals surface area contributed by atoms with Gasteiger partial charge in [0, 0.05) is 33.3 Å². The Bertz CT molecular complexity index is 1610. The molecule has 1 aromatic heterocycles. The lowest BCUT2D eigenvalue weighted by Gasteiger charge is -2.19. The number of fused-ring (bicyclic) bond motifs is 4.